The van der Waals surface area contributed by atoms with Crippen LogP contribution in [0.3, 0.4) is 0 Å². The van der Waals surface area contributed by atoms with Gasteiger partial charge in [0.05, 0.1) is 29.3 Å². The number of rotatable bonds is 5. The summed E-state index contributed by atoms with van der Waals surface area (Å²) in [6, 6.07) is 8.43. The molecule has 0 saturated heterocycles. The Balaban J connectivity index is 1.41. The SMILES string of the molecule is C[C@H](c1cc(C(F)(F)F)ccn1)C12Cc3cnn(-c4ccc(F)cc4)c3C=C1CC[C@H](Sc1cnn(C)c1)C2. The van der Waals surface area contributed by atoms with E-state index in [4.69, 9.17) is 0 Å². The first kappa shape index (κ1) is 25.9. The van der Waals surface area contributed by atoms with Crippen molar-refractivity contribution in [3.05, 3.63) is 95.1 Å². The number of allylic oxidation sites excluding steroid dienone is 1. The van der Waals surface area contributed by atoms with E-state index in [1.807, 2.05) is 37.2 Å². The third-order valence-corrected chi connectivity index (χ3v) is 9.32. The molecule has 10 heteroatoms. The Morgan fingerprint density at radius 1 is 1.10 bits per heavy atom. The van der Waals surface area contributed by atoms with Gasteiger partial charge in [-0.15, -0.1) is 11.8 Å². The zero-order chi connectivity index (χ0) is 27.4. The zero-order valence-corrected chi connectivity index (χ0v) is 22.3. The summed E-state index contributed by atoms with van der Waals surface area (Å²) >= 11 is 1.78. The van der Waals surface area contributed by atoms with Crippen LogP contribution in [-0.2, 0) is 19.6 Å². The number of halogens is 4. The molecule has 3 aromatic heterocycles. The minimum atomic E-state index is -4.44. The zero-order valence-electron chi connectivity index (χ0n) is 21.5. The molecule has 0 aliphatic heterocycles. The molecule has 2 aliphatic carbocycles. The molecule has 0 spiro atoms. The minimum Gasteiger partial charge on any atom is -0.275 e. The molecule has 0 N–H and O–H groups in total. The Labute approximate surface area is 228 Å². The maximum Gasteiger partial charge on any atom is 0.416 e. The minimum absolute atomic E-state index is 0.259. The number of fused-ring (bicyclic) bond motifs is 2. The van der Waals surface area contributed by atoms with Crippen molar-refractivity contribution in [1.29, 1.82) is 0 Å². The molecule has 1 aromatic carbocycles. The van der Waals surface area contributed by atoms with Gasteiger partial charge >= 0.3 is 6.18 Å². The van der Waals surface area contributed by atoms with E-state index >= 15 is 0 Å². The van der Waals surface area contributed by atoms with Crippen LogP contribution < -0.4 is 0 Å². The molecule has 6 rings (SSSR count). The smallest absolute Gasteiger partial charge is 0.275 e. The second-order valence-corrected chi connectivity index (χ2v) is 11.8. The molecule has 2 aliphatic rings. The summed E-state index contributed by atoms with van der Waals surface area (Å²) in [5.74, 6) is -0.574. The summed E-state index contributed by atoms with van der Waals surface area (Å²) in [4.78, 5) is 5.52. The monoisotopic (exact) mass is 553 g/mol. The molecule has 1 unspecified atom stereocenters. The van der Waals surface area contributed by atoms with Gasteiger partial charge in [-0.25, -0.2) is 9.07 Å². The molecular formula is C29H27F4N5S. The Kier molecular flexibility index (Phi) is 6.40. The number of benzene rings is 1. The van der Waals surface area contributed by atoms with E-state index in [-0.39, 0.29) is 17.0 Å². The van der Waals surface area contributed by atoms with Gasteiger partial charge in [-0.1, -0.05) is 12.5 Å². The molecule has 3 atom stereocenters. The Morgan fingerprint density at radius 2 is 1.90 bits per heavy atom. The van der Waals surface area contributed by atoms with E-state index in [2.05, 4.69) is 21.3 Å². The fraction of sp³-hybridized carbons (Fsp3) is 0.345. The van der Waals surface area contributed by atoms with E-state index in [9.17, 15) is 17.6 Å². The normalized spacial score (nSPS) is 21.7. The third kappa shape index (κ3) is 4.79. The van der Waals surface area contributed by atoms with Crippen molar-refractivity contribution in [2.75, 3.05) is 0 Å². The van der Waals surface area contributed by atoms with Crippen LogP contribution in [-0.4, -0.2) is 29.8 Å². The van der Waals surface area contributed by atoms with Crippen LogP contribution in [0.15, 0.2) is 71.7 Å². The van der Waals surface area contributed by atoms with Crippen LogP contribution in [0.25, 0.3) is 11.8 Å². The number of alkyl halides is 3. The number of hydrogen-bond donors (Lipinski definition) is 0. The summed E-state index contributed by atoms with van der Waals surface area (Å²) in [7, 11) is 1.89. The summed E-state index contributed by atoms with van der Waals surface area (Å²) in [5, 5.41) is 9.19. The van der Waals surface area contributed by atoms with Crippen LogP contribution in [0.5, 0.6) is 0 Å². The molecule has 0 bridgehead atoms. The molecule has 5 nitrogen and oxygen atoms in total. The fourth-order valence-electron chi connectivity index (χ4n) is 6.09. The largest absolute Gasteiger partial charge is 0.416 e. The predicted octanol–water partition coefficient (Wildman–Crippen LogP) is 7.23. The average Bonchev–Trinajstić information content (AvgIpc) is 3.52. The number of aromatic nitrogens is 5. The van der Waals surface area contributed by atoms with E-state index in [1.54, 1.807) is 28.6 Å². The summed E-state index contributed by atoms with van der Waals surface area (Å²) in [6.07, 6.45) is 7.85. The molecule has 0 amide bonds. The van der Waals surface area contributed by atoms with Gasteiger partial charge in [0.2, 0.25) is 0 Å². The highest BCUT2D eigenvalue weighted by Crippen LogP contribution is 2.57. The Bertz CT molecular complexity index is 1540. The highest BCUT2D eigenvalue weighted by Gasteiger charge is 2.48. The number of nitrogens with zero attached hydrogens (tertiary/aromatic N) is 5. The molecular weight excluding hydrogens is 526 g/mol. The lowest BCUT2D eigenvalue weighted by Crippen LogP contribution is -2.40. The van der Waals surface area contributed by atoms with Gasteiger partial charge in [0.15, 0.2) is 0 Å². The Morgan fingerprint density at radius 3 is 2.62 bits per heavy atom. The Hall–Kier alpha value is -3.40. The lowest BCUT2D eigenvalue weighted by molar-refractivity contribution is -0.137. The van der Waals surface area contributed by atoms with Crippen molar-refractivity contribution in [1.82, 2.24) is 24.5 Å². The van der Waals surface area contributed by atoms with Gasteiger partial charge in [0.1, 0.15) is 5.82 Å². The molecule has 3 heterocycles. The molecule has 202 valence electrons. The van der Waals surface area contributed by atoms with Gasteiger partial charge in [-0.2, -0.15) is 23.4 Å². The van der Waals surface area contributed by atoms with Crippen molar-refractivity contribution in [3.8, 4) is 5.69 Å². The first-order chi connectivity index (χ1) is 18.6. The van der Waals surface area contributed by atoms with Gasteiger partial charge in [0.25, 0.3) is 0 Å². The maximum absolute atomic E-state index is 13.6. The second-order valence-electron chi connectivity index (χ2n) is 10.5. The van der Waals surface area contributed by atoms with E-state index in [1.165, 1.54) is 30.0 Å². The van der Waals surface area contributed by atoms with Crippen LogP contribution in [0.1, 0.15) is 54.6 Å². The lowest BCUT2D eigenvalue weighted by atomic mass is 9.57. The van der Waals surface area contributed by atoms with Gasteiger partial charge in [-0.05, 0) is 73.7 Å². The van der Waals surface area contributed by atoms with Crippen molar-refractivity contribution in [2.24, 2.45) is 12.5 Å². The molecule has 1 fully saturated rings. The van der Waals surface area contributed by atoms with Crippen LogP contribution in [0.2, 0.25) is 0 Å². The van der Waals surface area contributed by atoms with E-state index in [0.29, 0.717) is 12.1 Å². The third-order valence-electron chi connectivity index (χ3n) is 8.11. The number of aryl methyl sites for hydroxylation is 1. The van der Waals surface area contributed by atoms with Crippen LogP contribution >= 0.6 is 11.8 Å². The van der Waals surface area contributed by atoms with Crippen molar-refractivity contribution < 1.29 is 17.6 Å². The second kappa shape index (κ2) is 9.66. The van der Waals surface area contributed by atoms with Crippen molar-refractivity contribution >= 4 is 17.8 Å². The molecule has 1 saturated carbocycles. The standard InChI is InChI=1S/C29H27F4N5S/c1-18(26-11-21(9-10-34-26)29(31,32)33)28-13-19-15-36-38(23-6-4-22(30)5-7-23)27(19)12-20(28)3-8-24(14-28)39-25-16-35-37(2)17-25/h4-7,9-12,15-18,24H,3,8,13-14H2,1-2H3/t18-,24+,28?/m1/s1. The van der Waals surface area contributed by atoms with Crippen molar-refractivity contribution in [2.45, 2.75) is 54.8 Å². The van der Waals surface area contributed by atoms with Crippen LogP contribution in [0, 0.1) is 11.2 Å². The van der Waals surface area contributed by atoms with Crippen LogP contribution in [0.4, 0.5) is 17.6 Å². The predicted molar refractivity (Wildman–Crippen MR) is 142 cm³/mol. The lowest BCUT2D eigenvalue weighted by Gasteiger charge is -2.48. The number of pyridine rings is 1. The topological polar surface area (TPSA) is 48.5 Å². The van der Waals surface area contributed by atoms with Crippen molar-refractivity contribution in [3.63, 3.8) is 0 Å². The quantitative estimate of drug-likeness (QED) is 0.245. The number of thioether (sulfide) groups is 1. The first-order valence-corrected chi connectivity index (χ1v) is 13.7. The van der Waals surface area contributed by atoms with Gasteiger partial charge < -0.3 is 0 Å². The van der Waals surface area contributed by atoms with E-state index < -0.39 is 17.2 Å². The highest BCUT2D eigenvalue weighted by atomic mass is 32.2. The summed E-state index contributed by atoms with van der Waals surface area (Å²) in [6.45, 7) is 2.00. The highest BCUT2D eigenvalue weighted by molar-refractivity contribution is 8.00. The molecule has 4 aromatic rings. The van der Waals surface area contributed by atoms with Gasteiger partial charge in [-0.3, -0.25) is 9.67 Å². The molecule has 39 heavy (non-hydrogen) atoms. The molecule has 0 radical (unpaired) electrons. The maximum atomic E-state index is 13.6. The summed E-state index contributed by atoms with van der Waals surface area (Å²) in [5.41, 5.74) is 3.27. The van der Waals surface area contributed by atoms with Gasteiger partial charge in [0, 0.05) is 46.6 Å². The first-order valence-electron chi connectivity index (χ1n) is 12.8. The fourth-order valence-corrected chi connectivity index (χ4v) is 7.41. The summed E-state index contributed by atoms with van der Waals surface area (Å²) < 4.78 is 58.0. The van der Waals surface area contributed by atoms with E-state index in [0.717, 1.165) is 47.2 Å². The average molecular weight is 554 g/mol. The number of hydrogen-bond acceptors (Lipinski definition) is 4.